The molecule has 0 amide bonds. The topological polar surface area (TPSA) is 38.9 Å². The van der Waals surface area contributed by atoms with Crippen LogP contribution in [0.4, 0.5) is 0 Å². The third-order valence-electron chi connectivity index (χ3n) is 11.1. The van der Waals surface area contributed by atoms with E-state index in [4.69, 9.17) is 14.4 Å². The maximum atomic E-state index is 6.64. The zero-order chi connectivity index (χ0) is 30.7. The summed E-state index contributed by atoms with van der Waals surface area (Å²) in [5.41, 5.74) is 8.68. The summed E-state index contributed by atoms with van der Waals surface area (Å²) >= 11 is 0. The summed E-state index contributed by atoms with van der Waals surface area (Å²) in [7, 11) is 0. The molecule has 0 fully saturated rings. The lowest BCUT2D eigenvalue weighted by Crippen LogP contribution is -2.42. The van der Waals surface area contributed by atoms with Gasteiger partial charge < -0.3 is 4.42 Å². The summed E-state index contributed by atoms with van der Waals surface area (Å²) in [4.78, 5) is 11.0. The highest BCUT2D eigenvalue weighted by Crippen LogP contribution is 2.60. The zero-order valence-corrected chi connectivity index (χ0v) is 25.6. The van der Waals surface area contributed by atoms with Crippen LogP contribution in [0.1, 0.15) is 46.7 Å². The van der Waals surface area contributed by atoms with E-state index in [0.717, 1.165) is 40.5 Å². The van der Waals surface area contributed by atoms with Crippen LogP contribution >= 0.6 is 0 Å². The van der Waals surface area contributed by atoms with Crippen LogP contribution in [0.2, 0.25) is 0 Å². The Kier molecular flexibility index (Phi) is 4.94. The van der Waals surface area contributed by atoms with E-state index in [2.05, 4.69) is 133 Å². The van der Waals surface area contributed by atoms with Crippen LogP contribution in [0.3, 0.4) is 0 Å². The Balaban J connectivity index is 1.32. The fourth-order valence-electron chi connectivity index (χ4n) is 9.20. The Bertz CT molecular complexity index is 2680. The first-order valence-corrected chi connectivity index (χ1v) is 16.5. The van der Waals surface area contributed by atoms with E-state index in [-0.39, 0.29) is 0 Å². The Hall–Kier alpha value is -5.80. The second-order valence-electron chi connectivity index (χ2n) is 13.2. The van der Waals surface area contributed by atoms with Gasteiger partial charge >= 0.3 is 0 Å². The van der Waals surface area contributed by atoms with Crippen molar-refractivity contribution in [2.24, 2.45) is 0 Å². The highest BCUT2D eigenvalue weighted by molar-refractivity contribution is 6.28. The van der Waals surface area contributed by atoms with Crippen molar-refractivity contribution < 1.29 is 4.42 Å². The molecule has 0 unspecified atom stereocenters. The number of rotatable bonds is 2. The summed E-state index contributed by atoms with van der Waals surface area (Å²) in [6, 6.07) is 50.5. The van der Waals surface area contributed by atoms with Crippen LogP contribution in [-0.2, 0) is 5.41 Å². The molecule has 3 nitrogen and oxygen atoms in total. The molecule has 2 bridgehead atoms. The van der Waals surface area contributed by atoms with Gasteiger partial charge in [-0.05, 0) is 68.1 Å². The minimum absolute atomic E-state index is 0.403. The van der Waals surface area contributed by atoms with Gasteiger partial charge in [-0.3, -0.25) is 0 Å². The normalized spacial score (nSPS) is 18.3. The third-order valence-corrected chi connectivity index (χ3v) is 11.1. The molecule has 0 saturated carbocycles. The molecule has 0 saturated heterocycles. The maximum absolute atomic E-state index is 6.64. The number of benzene rings is 7. The van der Waals surface area contributed by atoms with Crippen molar-refractivity contribution in [1.82, 2.24) is 9.97 Å². The molecule has 2 heterocycles. The highest BCUT2D eigenvalue weighted by atomic mass is 16.3. The van der Waals surface area contributed by atoms with Crippen molar-refractivity contribution in [2.45, 2.75) is 24.2 Å². The first-order valence-electron chi connectivity index (χ1n) is 16.5. The molecule has 0 radical (unpaired) electrons. The summed E-state index contributed by atoms with van der Waals surface area (Å²) < 4.78 is 6.64. The number of hydrogen-bond acceptors (Lipinski definition) is 3. The molecule has 9 aromatic rings. The Morgan fingerprint density at radius 3 is 1.77 bits per heavy atom. The molecule has 0 aliphatic heterocycles. The second kappa shape index (κ2) is 9.14. The molecule has 0 N–H and O–H groups in total. The third kappa shape index (κ3) is 3.21. The van der Waals surface area contributed by atoms with Gasteiger partial charge in [-0.1, -0.05) is 133 Å². The monoisotopic (exact) mass is 600 g/mol. The van der Waals surface area contributed by atoms with Gasteiger partial charge in [-0.15, -0.1) is 0 Å². The second-order valence-corrected chi connectivity index (χ2v) is 13.2. The quantitative estimate of drug-likeness (QED) is 0.185. The van der Waals surface area contributed by atoms with Crippen LogP contribution < -0.4 is 0 Å². The molecule has 47 heavy (non-hydrogen) atoms. The first-order chi connectivity index (χ1) is 23.3. The standard InChI is InChI=1S/C44H28N2O/c1-2-13-28-26(12-1)27-14-3-4-17-32(27)39-33(28)19-11-20-35(39)42-45-41(40-34-18-7-10-23-38(34)47-43(40)46-42)44-25-24-29(30-15-5-8-21-36(30)44)31-16-6-9-22-37(31)44/h1-23,29H,24-25H2. The molecule has 3 heteroatoms. The highest BCUT2D eigenvalue weighted by Gasteiger charge is 2.51. The van der Waals surface area contributed by atoms with Gasteiger partial charge in [-0.2, -0.15) is 4.98 Å². The van der Waals surface area contributed by atoms with E-state index in [0.29, 0.717) is 17.5 Å². The fraction of sp³-hybridized carbons (Fsp3) is 0.0909. The maximum Gasteiger partial charge on any atom is 0.231 e. The van der Waals surface area contributed by atoms with Crippen LogP contribution in [-0.4, -0.2) is 9.97 Å². The number of para-hydroxylation sites is 1. The number of nitrogens with zero attached hydrogens (tertiary/aromatic N) is 2. The van der Waals surface area contributed by atoms with Gasteiger partial charge in [0.25, 0.3) is 0 Å². The van der Waals surface area contributed by atoms with Crippen molar-refractivity contribution in [3.05, 3.63) is 167 Å². The van der Waals surface area contributed by atoms with Crippen molar-refractivity contribution in [1.29, 1.82) is 0 Å². The lowest BCUT2D eigenvalue weighted by Gasteiger charge is -2.49. The van der Waals surface area contributed by atoms with Gasteiger partial charge in [0.05, 0.1) is 16.5 Å². The lowest BCUT2D eigenvalue weighted by atomic mass is 9.53. The van der Waals surface area contributed by atoms with E-state index in [1.54, 1.807) is 0 Å². The SMILES string of the molecule is c1ccc2c(c1)C1CCC2(c2nc(-c3cccc4c5ccccc5c5ccccc5c34)nc3oc4ccccc4c23)c2ccccc21. The van der Waals surface area contributed by atoms with Crippen molar-refractivity contribution in [3.63, 3.8) is 0 Å². The first kappa shape index (κ1) is 25.4. The van der Waals surface area contributed by atoms with E-state index in [9.17, 15) is 0 Å². The largest absolute Gasteiger partial charge is 0.438 e. The lowest BCUT2D eigenvalue weighted by molar-refractivity contribution is 0.422. The summed E-state index contributed by atoms with van der Waals surface area (Å²) in [5.74, 6) is 1.11. The van der Waals surface area contributed by atoms with Crippen molar-refractivity contribution in [2.75, 3.05) is 0 Å². The number of hydrogen-bond donors (Lipinski definition) is 0. The van der Waals surface area contributed by atoms with E-state index in [1.807, 2.05) is 6.07 Å². The number of aromatic nitrogens is 2. The zero-order valence-electron chi connectivity index (χ0n) is 25.6. The average molecular weight is 601 g/mol. The average Bonchev–Trinajstić information content (AvgIpc) is 3.53. The number of furan rings is 1. The van der Waals surface area contributed by atoms with E-state index in [1.165, 1.54) is 54.6 Å². The van der Waals surface area contributed by atoms with Crippen LogP contribution in [0.15, 0.2) is 144 Å². The molecule has 7 aromatic carbocycles. The van der Waals surface area contributed by atoms with Gasteiger partial charge in [-0.25, -0.2) is 4.98 Å². The minimum atomic E-state index is -0.427. The molecule has 3 aliphatic carbocycles. The summed E-state index contributed by atoms with van der Waals surface area (Å²) in [5, 5.41) is 9.40. The van der Waals surface area contributed by atoms with Crippen molar-refractivity contribution >= 4 is 54.4 Å². The minimum Gasteiger partial charge on any atom is -0.438 e. The van der Waals surface area contributed by atoms with Crippen molar-refractivity contribution in [3.8, 4) is 11.4 Å². The van der Waals surface area contributed by atoms with Gasteiger partial charge in [0.15, 0.2) is 5.82 Å². The van der Waals surface area contributed by atoms with Crippen LogP contribution in [0.5, 0.6) is 0 Å². The predicted octanol–water partition coefficient (Wildman–Crippen LogP) is 11.1. The van der Waals surface area contributed by atoms with E-state index < -0.39 is 5.41 Å². The fourth-order valence-corrected chi connectivity index (χ4v) is 9.20. The van der Waals surface area contributed by atoms with Gasteiger partial charge in [0, 0.05) is 22.3 Å². The molecule has 3 aliphatic rings. The molecule has 0 spiro atoms. The Labute approximate surface area is 271 Å². The smallest absolute Gasteiger partial charge is 0.231 e. The summed E-state index contributed by atoms with van der Waals surface area (Å²) in [6.07, 6.45) is 2.06. The molecule has 220 valence electrons. The Morgan fingerprint density at radius 2 is 1.06 bits per heavy atom. The Morgan fingerprint density at radius 1 is 0.511 bits per heavy atom. The molecule has 2 aromatic heterocycles. The van der Waals surface area contributed by atoms with Gasteiger partial charge in [0.2, 0.25) is 5.71 Å². The van der Waals surface area contributed by atoms with Gasteiger partial charge in [0.1, 0.15) is 5.58 Å². The van der Waals surface area contributed by atoms with Crippen LogP contribution in [0.25, 0.3) is 65.8 Å². The van der Waals surface area contributed by atoms with E-state index >= 15 is 0 Å². The molecule has 0 atom stereocenters. The molecular weight excluding hydrogens is 572 g/mol. The number of fused-ring (bicyclic) bond motifs is 10. The van der Waals surface area contributed by atoms with Crippen LogP contribution in [0, 0.1) is 0 Å². The summed E-state index contributed by atoms with van der Waals surface area (Å²) in [6.45, 7) is 0. The predicted molar refractivity (Wildman–Crippen MR) is 191 cm³/mol. The molecule has 12 rings (SSSR count). The molecular formula is C44H28N2O.